The minimum atomic E-state index is -2.45. The molecule has 0 radical (unpaired) electrons. The zero-order valence-corrected chi connectivity index (χ0v) is 11.4. The topological polar surface area (TPSA) is 149 Å². The van der Waals surface area contributed by atoms with Gasteiger partial charge in [-0.05, 0) is 13.8 Å². The van der Waals surface area contributed by atoms with Crippen molar-refractivity contribution in [2.75, 3.05) is 20.3 Å². The molecule has 0 aromatic carbocycles. The Balaban J connectivity index is 5.45. The van der Waals surface area contributed by atoms with Gasteiger partial charge in [-0.1, -0.05) is 0 Å². The molecule has 0 spiro atoms. The summed E-state index contributed by atoms with van der Waals surface area (Å²) in [6, 6.07) is -1.20. The Bertz CT molecular complexity index is 399. The molecule has 5 amide bonds. The van der Waals surface area contributed by atoms with Crippen LogP contribution in [0.1, 0.15) is 13.8 Å². The first-order valence-electron chi connectivity index (χ1n) is 5.75. The van der Waals surface area contributed by atoms with Crippen molar-refractivity contribution in [2.45, 2.75) is 19.6 Å². The molecule has 20 heavy (non-hydrogen) atoms. The smallest absolute Gasteiger partial charge is 0.410 e. The summed E-state index contributed by atoms with van der Waals surface area (Å²) in [4.78, 5) is 46.0. The van der Waals surface area contributed by atoms with E-state index in [-0.39, 0.29) is 13.2 Å². The Hall–Kier alpha value is -2.36. The van der Waals surface area contributed by atoms with Crippen molar-refractivity contribution in [3.05, 3.63) is 0 Å². The molecule has 0 aliphatic rings. The number of hydrogen-bond donors (Lipinski definition) is 4. The molecule has 10 nitrogen and oxygen atoms in total. The van der Waals surface area contributed by atoms with Crippen molar-refractivity contribution in [3.63, 3.8) is 0 Å². The molecule has 0 aromatic rings. The van der Waals surface area contributed by atoms with Gasteiger partial charge in [0.05, 0.1) is 6.61 Å². The molecule has 0 fully saturated rings. The van der Waals surface area contributed by atoms with Gasteiger partial charge in [0.2, 0.25) is 0 Å². The summed E-state index contributed by atoms with van der Waals surface area (Å²) in [6.45, 7) is 2.93. The zero-order chi connectivity index (χ0) is 15.8. The van der Waals surface area contributed by atoms with Gasteiger partial charge in [0, 0.05) is 13.7 Å². The fourth-order valence-corrected chi connectivity index (χ4v) is 1.29. The standard InChI is InChI=1S/C10H18N4O6/c1-4-19-9(18)14-10(20-5-2,6(15)12-3)7(16)13-8(11)17/h4-5H2,1-3H3,(H,12,15)(H,14,18)(H3,11,13,16,17). The van der Waals surface area contributed by atoms with Crippen molar-refractivity contribution in [1.29, 1.82) is 0 Å². The molecule has 0 saturated heterocycles. The number of rotatable bonds is 6. The van der Waals surface area contributed by atoms with Crippen molar-refractivity contribution in [2.24, 2.45) is 5.73 Å². The number of urea groups is 1. The second kappa shape index (κ2) is 7.94. The molecule has 0 saturated carbocycles. The SMILES string of the molecule is CCOC(=O)NC(OCC)(C(=O)NC)C(=O)NC(N)=O. The van der Waals surface area contributed by atoms with Crippen LogP contribution in [0.5, 0.6) is 0 Å². The Labute approximate surface area is 115 Å². The minimum Gasteiger partial charge on any atom is -0.450 e. The fraction of sp³-hybridized carbons (Fsp3) is 0.600. The Kier molecular flexibility index (Phi) is 7.00. The summed E-state index contributed by atoms with van der Waals surface area (Å²) >= 11 is 0. The van der Waals surface area contributed by atoms with Gasteiger partial charge in [0.15, 0.2) is 0 Å². The third kappa shape index (κ3) is 4.39. The van der Waals surface area contributed by atoms with Gasteiger partial charge in [-0.25, -0.2) is 9.59 Å². The number of hydrogen-bond acceptors (Lipinski definition) is 6. The second-order valence-corrected chi connectivity index (χ2v) is 3.36. The van der Waals surface area contributed by atoms with E-state index >= 15 is 0 Å². The number of nitrogens with two attached hydrogens (primary N) is 1. The van der Waals surface area contributed by atoms with Crippen LogP contribution in [0, 0.1) is 0 Å². The molecule has 1 atom stereocenters. The van der Waals surface area contributed by atoms with Gasteiger partial charge in [0.25, 0.3) is 11.8 Å². The van der Waals surface area contributed by atoms with Gasteiger partial charge < -0.3 is 20.5 Å². The number of amides is 5. The number of carbonyl (C=O) groups excluding carboxylic acids is 4. The first kappa shape index (κ1) is 17.6. The van der Waals surface area contributed by atoms with Gasteiger partial charge in [-0.15, -0.1) is 0 Å². The van der Waals surface area contributed by atoms with Crippen LogP contribution in [0.25, 0.3) is 0 Å². The highest BCUT2D eigenvalue weighted by molar-refractivity contribution is 6.13. The molecule has 5 N–H and O–H groups in total. The zero-order valence-electron chi connectivity index (χ0n) is 11.4. The van der Waals surface area contributed by atoms with Gasteiger partial charge in [0.1, 0.15) is 0 Å². The number of likely N-dealkylation sites (N-methyl/N-ethyl adjacent to an activating group) is 1. The minimum absolute atomic E-state index is 0.0131. The van der Waals surface area contributed by atoms with E-state index in [1.54, 1.807) is 5.32 Å². The third-order valence-corrected chi connectivity index (χ3v) is 2.02. The molecule has 0 aliphatic carbocycles. The number of alkyl carbamates (subject to hydrolysis) is 1. The molecular weight excluding hydrogens is 272 g/mol. The monoisotopic (exact) mass is 290 g/mol. The Morgan fingerprint density at radius 1 is 1.10 bits per heavy atom. The summed E-state index contributed by atoms with van der Waals surface area (Å²) in [5, 5.41) is 5.79. The highest BCUT2D eigenvalue weighted by Crippen LogP contribution is 2.09. The first-order chi connectivity index (χ1) is 9.33. The van der Waals surface area contributed by atoms with Gasteiger partial charge >= 0.3 is 17.8 Å². The lowest BCUT2D eigenvalue weighted by Gasteiger charge is -2.29. The molecule has 0 bridgehead atoms. The van der Waals surface area contributed by atoms with Crippen LogP contribution in [0.4, 0.5) is 9.59 Å². The van der Waals surface area contributed by atoms with Crippen molar-refractivity contribution in [1.82, 2.24) is 16.0 Å². The largest absolute Gasteiger partial charge is 0.450 e. The Morgan fingerprint density at radius 3 is 2.10 bits per heavy atom. The molecule has 0 aliphatic heterocycles. The highest BCUT2D eigenvalue weighted by Gasteiger charge is 2.49. The maximum Gasteiger partial charge on any atom is 0.410 e. The van der Waals surface area contributed by atoms with Crippen LogP contribution < -0.4 is 21.7 Å². The van der Waals surface area contributed by atoms with E-state index < -0.39 is 29.7 Å². The lowest BCUT2D eigenvalue weighted by molar-refractivity contribution is -0.163. The van der Waals surface area contributed by atoms with Crippen molar-refractivity contribution >= 4 is 23.9 Å². The Morgan fingerprint density at radius 2 is 1.70 bits per heavy atom. The number of ether oxygens (including phenoxy) is 2. The average molecular weight is 290 g/mol. The van der Waals surface area contributed by atoms with Crippen LogP contribution in [-0.2, 0) is 19.1 Å². The average Bonchev–Trinajstić information content (AvgIpc) is 2.36. The molecule has 10 heteroatoms. The second-order valence-electron chi connectivity index (χ2n) is 3.36. The predicted octanol–water partition coefficient (Wildman–Crippen LogP) is -1.59. The summed E-state index contributed by atoms with van der Waals surface area (Å²) in [5.74, 6) is -2.23. The van der Waals surface area contributed by atoms with Crippen LogP contribution in [0.3, 0.4) is 0 Å². The highest BCUT2D eigenvalue weighted by atomic mass is 16.6. The van der Waals surface area contributed by atoms with Gasteiger partial charge in [-0.3, -0.25) is 20.2 Å². The first-order valence-corrected chi connectivity index (χ1v) is 5.75. The van der Waals surface area contributed by atoms with E-state index in [0.29, 0.717) is 0 Å². The quantitative estimate of drug-likeness (QED) is 0.342. The molecule has 0 heterocycles. The van der Waals surface area contributed by atoms with Gasteiger partial charge in [-0.2, -0.15) is 0 Å². The van der Waals surface area contributed by atoms with Crippen LogP contribution in [-0.4, -0.2) is 49.9 Å². The maximum atomic E-state index is 11.9. The summed E-state index contributed by atoms with van der Waals surface area (Å²) in [6.07, 6.45) is -1.07. The fourth-order valence-electron chi connectivity index (χ4n) is 1.29. The van der Waals surface area contributed by atoms with E-state index in [0.717, 1.165) is 0 Å². The third-order valence-electron chi connectivity index (χ3n) is 2.02. The van der Waals surface area contributed by atoms with E-state index in [2.05, 4.69) is 10.1 Å². The van der Waals surface area contributed by atoms with E-state index in [1.165, 1.54) is 20.9 Å². The lowest BCUT2D eigenvalue weighted by Crippen LogP contribution is -2.68. The number of primary amides is 1. The van der Waals surface area contributed by atoms with Crippen molar-refractivity contribution in [3.8, 4) is 0 Å². The summed E-state index contributed by atoms with van der Waals surface area (Å²) in [7, 11) is 1.22. The lowest BCUT2D eigenvalue weighted by atomic mass is 10.1. The van der Waals surface area contributed by atoms with E-state index in [9.17, 15) is 19.2 Å². The molecule has 0 rings (SSSR count). The van der Waals surface area contributed by atoms with E-state index in [1.807, 2.05) is 5.32 Å². The maximum absolute atomic E-state index is 11.9. The number of carbonyl (C=O) groups is 4. The van der Waals surface area contributed by atoms with Crippen LogP contribution in [0.15, 0.2) is 0 Å². The molecule has 1 unspecified atom stereocenters. The number of nitrogens with one attached hydrogen (secondary N) is 3. The normalized spacial score (nSPS) is 12.8. The van der Waals surface area contributed by atoms with Crippen LogP contribution in [0.2, 0.25) is 0 Å². The molecule has 0 aromatic heterocycles. The molecular formula is C10H18N4O6. The molecule has 114 valence electrons. The summed E-state index contributed by atoms with van der Waals surface area (Å²) in [5.41, 5.74) is 2.36. The summed E-state index contributed by atoms with van der Waals surface area (Å²) < 4.78 is 9.61. The predicted molar refractivity (Wildman–Crippen MR) is 66.3 cm³/mol. The van der Waals surface area contributed by atoms with E-state index in [4.69, 9.17) is 10.5 Å². The number of imide groups is 1. The van der Waals surface area contributed by atoms with Crippen molar-refractivity contribution < 1.29 is 28.7 Å². The van der Waals surface area contributed by atoms with Crippen LogP contribution >= 0.6 is 0 Å².